The topological polar surface area (TPSA) is 40.8 Å². The second-order valence-electron chi connectivity index (χ2n) is 6.22. The molecule has 0 atom stereocenters. The molecule has 0 fully saturated rings. The van der Waals surface area contributed by atoms with Crippen LogP contribution in [0.5, 0.6) is 5.75 Å². The Balaban J connectivity index is 1.93. The number of H-pyrrole nitrogens is 2. The van der Waals surface area contributed by atoms with Gasteiger partial charge < -0.3 is 14.7 Å². The summed E-state index contributed by atoms with van der Waals surface area (Å²) in [5.41, 5.74) is 4.53. The van der Waals surface area contributed by atoms with Crippen LogP contribution >= 0.6 is 0 Å². The van der Waals surface area contributed by atoms with E-state index in [1.54, 1.807) is 7.11 Å². The fourth-order valence-electron chi connectivity index (χ4n) is 3.25. The minimum Gasteiger partial charge on any atom is -0.497 e. The van der Waals surface area contributed by atoms with Crippen LogP contribution in [0, 0.1) is 6.92 Å². The quantitative estimate of drug-likeness (QED) is 0.591. The molecule has 2 aromatic carbocycles. The van der Waals surface area contributed by atoms with Gasteiger partial charge in [0, 0.05) is 27.2 Å². The SMILES string of the molecule is C=c1cc(C)c(=Cc2[nH]c(-c3ccc(OC)cc3)c3ccccc23)[nH]1. The zero-order valence-corrected chi connectivity index (χ0v) is 14.4. The summed E-state index contributed by atoms with van der Waals surface area (Å²) in [7, 11) is 1.68. The summed E-state index contributed by atoms with van der Waals surface area (Å²) in [6, 6.07) is 18.6. The van der Waals surface area contributed by atoms with E-state index in [0.717, 1.165) is 33.4 Å². The van der Waals surface area contributed by atoms with Crippen molar-refractivity contribution in [3.05, 3.63) is 76.6 Å². The normalized spacial score (nSPS) is 12.0. The number of methoxy groups -OCH3 is 1. The van der Waals surface area contributed by atoms with Crippen molar-refractivity contribution in [3.63, 3.8) is 0 Å². The molecule has 0 aliphatic carbocycles. The van der Waals surface area contributed by atoms with Crippen molar-refractivity contribution in [2.24, 2.45) is 0 Å². The van der Waals surface area contributed by atoms with Crippen molar-refractivity contribution in [1.82, 2.24) is 9.97 Å². The van der Waals surface area contributed by atoms with Crippen LogP contribution in [0.4, 0.5) is 0 Å². The Labute approximate surface area is 146 Å². The number of nitrogens with one attached hydrogen (secondary N) is 2. The van der Waals surface area contributed by atoms with E-state index in [-0.39, 0.29) is 0 Å². The standard InChI is InChI=1S/C22H20N2O/c1-14-12-15(2)23-20(14)13-21-18-6-4-5-7-19(18)22(24-21)16-8-10-17(25-3)11-9-16/h4-13,23-24H,2H2,1,3H3. The van der Waals surface area contributed by atoms with Crippen molar-refractivity contribution in [2.45, 2.75) is 6.92 Å². The molecule has 0 bridgehead atoms. The summed E-state index contributed by atoms with van der Waals surface area (Å²) in [5.74, 6) is 0.858. The van der Waals surface area contributed by atoms with Crippen molar-refractivity contribution in [2.75, 3.05) is 7.11 Å². The van der Waals surface area contributed by atoms with Gasteiger partial charge in [0.15, 0.2) is 0 Å². The molecule has 4 aromatic rings. The first-order chi connectivity index (χ1) is 12.2. The molecule has 0 saturated carbocycles. The van der Waals surface area contributed by atoms with E-state index in [9.17, 15) is 0 Å². The van der Waals surface area contributed by atoms with Gasteiger partial charge >= 0.3 is 0 Å². The zero-order valence-electron chi connectivity index (χ0n) is 14.4. The van der Waals surface area contributed by atoms with Crippen molar-refractivity contribution in [1.29, 1.82) is 0 Å². The molecule has 2 aromatic heterocycles. The molecule has 2 N–H and O–H groups in total. The van der Waals surface area contributed by atoms with Gasteiger partial charge in [0.05, 0.1) is 12.8 Å². The van der Waals surface area contributed by atoms with Crippen LogP contribution in [0.2, 0.25) is 0 Å². The summed E-state index contributed by atoms with van der Waals surface area (Å²) in [4.78, 5) is 6.91. The minimum absolute atomic E-state index is 0.858. The van der Waals surface area contributed by atoms with E-state index in [1.807, 2.05) is 12.1 Å². The van der Waals surface area contributed by atoms with E-state index in [0.29, 0.717) is 0 Å². The molecule has 0 aliphatic heterocycles. The van der Waals surface area contributed by atoms with E-state index in [1.165, 1.54) is 16.3 Å². The lowest BCUT2D eigenvalue weighted by Crippen LogP contribution is -2.09. The van der Waals surface area contributed by atoms with Gasteiger partial charge in [-0.05, 0) is 54.5 Å². The van der Waals surface area contributed by atoms with E-state index in [2.05, 4.69) is 72.0 Å². The molecule has 4 rings (SSSR count). The monoisotopic (exact) mass is 328 g/mol. The average molecular weight is 328 g/mol. The molecule has 2 heterocycles. The second-order valence-corrected chi connectivity index (χ2v) is 6.22. The van der Waals surface area contributed by atoms with Crippen LogP contribution in [0.1, 0.15) is 11.3 Å². The number of hydrogen-bond donors (Lipinski definition) is 2. The third-order valence-electron chi connectivity index (χ3n) is 4.52. The number of rotatable bonds is 3. The number of fused-ring (bicyclic) bond motifs is 1. The highest BCUT2D eigenvalue weighted by Gasteiger charge is 2.10. The zero-order chi connectivity index (χ0) is 17.4. The second kappa shape index (κ2) is 6.02. The number of hydrogen-bond acceptors (Lipinski definition) is 1. The number of aromatic nitrogens is 2. The lowest BCUT2D eigenvalue weighted by Gasteiger charge is -2.02. The van der Waals surface area contributed by atoms with Gasteiger partial charge in [-0.15, -0.1) is 0 Å². The Morgan fingerprint density at radius 3 is 2.32 bits per heavy atom. The maximum Gasteiger partial charge on any atom is 0.118 e. The number of aromatic amines is 2. The first-order valence-corrected chi connectivity index (χ1v) is 8.27. The molecular weight excluding hydrogens is 308 g/mol. The van der Waals surface area contributed by atoms with Gasteiger partial charge in [-0.2, -0.15) is 0 Å². The number of aryl methyl sites for hydroxylation is 1. The summed E-state index contributed by atoms with van der Waals surface area (Å²) in [5, 5.41) is 4.42. The van der Waals surface area contributed by atoms with Gasteiger partial charge in [-0.1, -0.05) is 30.8 Å². The third-order valence-corrected chi connectivity index (χ3v) is 4.52. The molecular formula is C22H20N2O. The van der Waals surface area contributed by atoms with Crippen LogP contribution in [0.15, 0.2) is 54.6 Å². The largest absolute Gasteiger partial charge is 0.497 e. The molecule has 0 saturated heterocycles. The predicted octanol–water partition coefficient (Wildman–Crippen LogP) is 3.72. The first kappa shape index (κ1) is 15.3. The lowest BCUT2D eigenvalue weighted by molar-refractivity contribution is 0.415. The Bertz CT molecular complexity index is 1150. The van der Waals surface area contributed by atoms with Gasteiger partial charge in [-0.3, -0.25) is 0 Å². The van der Waals surface area contributed by atoms with E-state index < -0.39 is 0 Å². The Morgan fingerprint density at radius 2 is 1.68 bits per heavy atom. The predicted molar refractivity (Wildman–Crippen MR) is 104 cm³/mol. The average Bonchev–Trinajstić information content (AvgIpc) is 3.15. The Kier molecular flexibility index (Phi) is 3.69. The molecule has 3 nitrogen and oxygen atoms in total. The number of ether oxygens (including phenoxy) is 1. The van der Waals surface area contributed by atoms with Crippen LogP contribution in [0.25, 0.3) is 34.7 Å². The fourth-order valence-corrected chi connectivity index (χ4v) is 3.25. The molecule has 0 amide bonds. The highest BCUT2D eigenvalue weighted by molar-refractivity contribution is 6.00. The lowest BCUT2D eigenvalue weighted by atomic mass is 10.1. The van der Waals surface area contributed by atoms with Crippen molar-refractivity contribution in [3.8, 4) is 17.0 Å². The molecule has 25 heavy (non-hydrogen) atoms. The van der Waals surface area contributed by atoms with Crippen LogP contribution < -0.4 is 15.4 Å². The fraction of sp³-hybridized carbons (Fsp3) is 0.0909. The Morgan fingerprint density at radius 1 is 0.960 bits per heavy atom. The first-order valence-electron chi connectivity index (χ1n) is 8.27. The van der Waals surface area contributed by atoms with Crippen molar-refractivity contribution < 1.29 is 4.74 Å². The van der Waals surface area contributed by atoms with Crippen LogP contribution in [0.3, 0.4) is 0 Å². The summed E-state index contributed by atoms with van der Waals surface area (Å²) < 4.78 is 5.27. The summed E-state index contributed by atoms with van der Waals surface area (Å²) >= 11 is 0. The Hall–Kier alpha value is -3.20. The molecule has 124 valence electrons. The molecule has 3 heteroatoms. The maximum absolute atomic E-state index is 5.27. The highest BCUT2D eigenvalue weighted by Crippen LogP contribution is 2.31. The molecule has 0 spiro atoms. The highest BCUT2D eigenvalue weighted by atomic mass is 16.5. The molecule has 0 aliphatic rings. The van der Waals surface area contributed by atoms with Crippen molar-refractivity contribution >= 4 is 23.4 Å². The molecule has 0 unspecified atom stereocenters. The molecule has 0 radical (unpaired) electrons. The smallest absolute Gasteiger partial charge is 0.118 e. The van der Waals surface area contributed by atoms with Gasteiger partial charge in [-0.25, -0.2) is 0 Å². The minimum atomic E-state index is 0.858. The van der Waals surface area contributed by atoms with Crippen LogP contribution in [-0.2, 0) is 0 Å². The number of benzene rings is 2. The van der Waals surface area contributed by atoms with Gasteiger partial charge in [0.25, 0.3) is 0 Å². The van der Waals surface area contributed by atoms with Gasteiger partial charge in [0.2, 0.25) is 0 Å². The summed E-state index contributed by atoms with van der Waals surface area (Å²) in [6.45, 7) is 6.07. The van der Waals surface area contributed by atoms with Crippen LogP contribution in [-0.4, -0.2) is 17.1 Å². The van der Waals surface area contributed by atoms with Gasteiger partial charge in [0.1, 0.15) is 5.75 Å². The third kappa shape index (κ3) is 2.74. The van der Waals surface area contributed by atoms with E-state index in [4.69, 9.17) is 4.74 Å². The summed E-state index contributed by atoms with van der Waals surface area (Å²) in [6.07, 6.45) is 2.15. The maximum atomic E-state index is 5.27. The van der Waals surface area contributed by atoms with E-state index >= 15 is 0 Å².